The van der Waals surface area contributed by atoms with Crippen LogP contribution < -0.4 is 15.8 Å². The summed E-state index contributed by atoms with van der Waals surface area (Å²) in [5.41, 5.74) is 0.627. The van der Waals surface area contributed by atoms with Crippen LogP contribution in [0.25, 0.3) is 0 Å². The number of aryl methyl sites for hydroxylation is 1. The fourth-order valence-corrected chi connectivity index (χ4v) is 2.81. The highest BCUT2D eigenvalue weighted by atomic mass is 35.5. The minimum absolute atomic E-state index is 0.108. The number of hydrogen-bond donors (Lipinski definition) is 2. The van der Waals surface area contributed by atoms with E-state index in [1.54, 1.807) is 6.20 Å². The van der Waals surface area contributed by atoms with E-state index in [1.165, 1.54) is 6.07 Å². The summed E-state index contributed by atoms with van der Waals surface area (Å²) in [4.78, 5) is 25.1. The summed E-state index contributed by atoms with van der Waals surface area (Å²) in [6.45, 7) is 3.49. The van der Waals surface area contributed by atoms with E-state index in [9.17, 15) is 4.79 Å². The van der Waals surface area contributed by atoms with Crippen LogP contribution in [0.15, 0.2) is 29.2 Å². The van der Waals surface area contributed by atoms with Crippen molar-refractivity contribution in [3.05, 3.63) is 45.5 Å². The second-order valence-corrected chi connectivity index (χ2v) is 5.86. The van der Waals surface area contributed by atoms with E-state index in [-0.39, 0.29) is 5.56 Å². The Kier molecular flexibility index (Phi) is 4.29. The van der Waals surface area contributed by atoms with Crippen LogP contribution in [0, 0.1) is 6.92 Å². The molecule has 6 nitrogen and oxygen atoms in total. The molecule has 0 saturated carbocycles. The van der Waals surface area contributed by atoms with E-state index in [0.29, 0.717) is 17.0 Å². The van der Waals surface area contributed by atoms with Gasteiger partial charge in [0.25, 0.3) is 5.56 Å². The second-order valence-electron chi connectivity index (χ2n) is 5.45. The van der Waals surface area contributed by atoms with Crippen LogP contribution in [0.4, 0.5) is 11.8 Å². The maximum Gasteiger partial charge on any atom is 0.252 e. The van der Waals surface area contributed by atoms with Crippen LogP contribution in [0.2, 0.25) is 5.02 Å². The van der Waals surface area contributed by atoms with E-state index in [0.717, 1.165) is 37.4 Å². The number of anilines is 2. The number of pyridine rings is 1. The first-order chi connectivity index (χ1) is 10.6. The molecule has 0 aliphatic carbocycles. The van der Waals surface area contributed by atoms with Gasteiger partial charge in [-0.3, -0.25) is 9.78 Å². The molecule has 0 amide bonds. The highest BCUT2D eigenvalue weighted by molar-refractivity contribution is 6.32. The predicted molar refractivity (Wildman–Crippen MR) is 87.7 cm³/mol. The van der Waals surface area contributed by atoms with Gasteiger partial charge in [0.05, 0.1) is 5.02 Å². The topological polar surface area (TPSA) is 73.9 Å². The molecule has 2 aromatic heterocycles. The smallest absolute Gasteiger partial charge is 0.252 e. The minimum Gasteiger partial charge on any atom is -0.366 e. The Bertz CT molecular complexity index is 709. The van der Waals surface area contributed by atoms with Crippen LogP contribution >= 0.6 is 11.6 Å². The molecule has 116 valence electrons. The molecule has 0 atom stereocenters. The van der Waals surface area contributed by atoms with Gasteiger partial charge in [-0.15, -0.1) is 0 Å². The summed E-state index contributed by atoms with van der Waals surface area (Å²) >= 11 is 6.12. The van der Waals surface area contributed by atoms with Crippen molar-refractivity contribution in [2.45, 2.75) is 25.8 Å². The maximum atomic E-state index is 11.5. The lowest BCUT2D eigenvalue weighted by Gasteiger charge is -2.33. The molecular weight excluding hydrogens is 302 g/mol. The summed E-state index contributed by atoms with van der Waals surface area (Å²) in [5.74, 6) is 1.38. The highest BCUT2D eigenvalue weighted by Crippen LogP contribution is 2.22. The molecule has 2 aromatic rings. The van der Waals surface area contributed by atoms with Gasteiger partial charge in [0.1, 0.15) is 5.82 Å². The zero-order valence-corrected chi connectivity index (χ0v) is 13.1. The number of H-pyrrole nitrogens is 1. The lowest BCUT2D eigenvalue weighted by Crippen LogP contribution is -2.40. The normalized spacial score (nSPS) is 15.8. The maximum absolute atomic E-state index is 11.5. The number of nitrogens with zero attached hydrogens (tertiary/aromatic N) is 3. The quantitative estimate of drug-likeness (QED) is 0.907. The molecule has 22 heavy (non-hydrogen) atoms. The summed E-state index contributed by atoms with van der Waals surface area (Å²) in [6.07, 6.45) is 3.60. The molecule has 7 heteroatoms. The first kappa shape index (κ1) is 14.8. The molecule has 3 rings (SSSR count). The van der Waals surface area contributed by atoms with Crippen molar-refractivity contribution in [2.75, 3.05) is 23.3 Å². The van der Waals surface area contributed by atoms with E-state index < -0.39 is 0 Å². The van der Waals surface area contributed by atoms with Gasteiger partial charge < -0.3 is 10.2 Å². The van der Waals surface area contributed by atoms with Crippen molar-refractivity contribution in [1.82, 2.24) is 15.0 Å². The Balaban J connectivity index is 1.63. The fourth-order valence-electron chi connectivity index (χ4n) is 2.63. The Labute approximate surface area is 133 Å². The van der Waals surface area contributed by atoms with Crippen LogP contribution in [-0.4, -0.2) is 34.1 Å². The molecule has 2 N–H and O–H groups in total. The average Bonchev–Trinajstić information content (AvgIpc) is 2.49. The van der Waals surface area contributed by atoms with Gasteiger partial charge >= 0.3 is 0 Å². The minimum atomic E-state index is -0.108. The second kappa shape index (κ2) is 6.36. The number of piperidine rings is 1. The molecule has 0 bridgehead atoms. The summed E-state index contributed by atoms with van der Waals surface area (Å²) in [5, 5.41) is 4.02. The molecule has 1 fully saturated rings. The van der Waals surface area contributed by atoms with Gasteiger partial charge in [-0.25, -0.2) is 9.97 Å². The molecule has 0 spiro atoms. The lowest BCUT2D eigenvalue weighted by molar-refractivity contribution is 0.518. The summed E-state index contributed by atoms with van der Waals surface area (Å²) < 4.78 is 0. The Morgan fingerprint density at radius 1 is 1.41 bits per heavy atom. The van der Waals surface area contributed by atoms with Crippen LogP contribution in [0.5, 0.6) is 0 Å². The van der Waals surface area contributed by atoms with Gasteiger partial charge in [0.15, 0.2) is 0 Å². The zero-order valence-electron chi connectivity index (χ0n) is 12.3. The van der Waals surface area contributed by atoms with Gasteiger partial charge in [-0.05, 0) is 31.9 Å². The van der Waals surface area contributed by atoms with Gasteiger partial charge in [0, 0.05) is 37.1 Å². The molecule has 3 heterocycles. The summed E-state index contributed by atoms with van der Waals surface area (Å²) in [7, 11) is 0. The zero-order chi connectivity index (χ0) is 15.5. The molecule has 1 saturated heterocycles. The predicted octanol–water partition coefficient (Wildman–Crippen LogP) is 2.21. The van der Waals surface area contributed by atoms with E-state index in [4.69, 9.17) is 11.6 Å². The van der Waals surface area contributed by atoms with E-state index in [1.807, 2.05) is 19.1 Å². The van der Waals surface area contributed by atoms with Crippen LogP contribution in [0.3, 0.4) is 0 Å². The molecule has 0 aromatic carbocycles. The Morgan fingerprint density at radius 3 is 2.86 bits per heavy atom. The number of halogens is 1. The summed E-state index contributed by atoms with van der Waals surface area (Å²) in [6, 6.07) is 5.46. The van der Waals surface area contributed by atoms with Crippen molar-refractivity contribution in [1.29, 1.82) is 0 Å². The third kappa shape index (κ3) is 3.39. The fraction of sp³-hybridized carbons (Fsp3) is 0.400. The average molecular weight is 320 g/mol. The van der Waals surface area contributed by atoms with Crippen molar-refractivity contribution < 1.29 is 0 Å². The van der Waals surface area contributed by atoms with Crippen molar-refractivity contribution in [3.8, 4) is 0 Å². The Hall–Kier alpha value is -2.08. The van der Waals surface area contributed by atoms with Gasteiger partial charge in [-0.1, -0.05) is 11.6 Å². The third-order valence-corrected chi connectivity index (χ3v) is 4.06. The molecule has 0 radical (unpaired) electrons. The van der Waals surface area contributed by atoms with Gasteiger partial charge in [-0.2, -0.15) is 0 Å². The van der Waals surface area contributed by atoms with E-state index >= 15 is 0 Å². The van der Waals surface area contributed by atoms with Gasteiger partial charge in [0.2, 0.25) is 5.95 Å². The highest BCUT2D eigenvalue weighted by Gasteiger charge is 2.21. The van der Waals surface area contributed by atoms with Crippen molar-refractivity contribution in [3.63, 3.8) is 0 Å². The largest absolute Gasteiger partial charge is 0.366 e. The van der Waals surface area contributed by atoms with Crippen LogP contribution in [-0.2, 0) is 0 Å². The molecular formula is C15H18ClN5O. The first-order valence-electron chi connectivity index (χ1n) is 7.32. The SMILES string of the molecule is Cc1cc(=O)[nH]c(N2CCC(Nc3ncccc3Cl)CC2)n1. The number of aromatic amines is 1. The van der Waals surface area contributed by atoms with Crippen molar-refractivity contribution in [2.24, 2.45) is 0 Å². The molecule has 1 aliphatic heterocycles. The standard InChI is InChI=1S/C15H18ClN5O/c1-10-9-13(22)20-15(18-10)21-7-4-11(5-8-21)19-14-12(16)3-2-6-17-14/h2-3,6,9,11H,4-5,7-8H2,1H3,(H,17,19)(H,18,20,22). The number of aromatic nitrogens is 3. The van der Waals surface area contributed by atoms with Crippen molar-refractivity contribution >= 4 is 23.4 Å². The number of hydrogen-bond acceptors (Lipinski definition) is 5. The van der Waals surface area contributed by atoms with E-state index in [2.05, 4.69) is 25.2 Å². The lowest BCUT2D eigenvalue weighted by atomic mass is 10.1. The Morgan fingerprint density at radius 2 is 2.18 bits per heavy atom. The van der Waals surface area contributed by atoms with Crippen LogP contribution in [0.1, 0.15) is 18.5 Å². The monoisotopic (exact) mass is 319 g/mol. The molecule has 1 aliphatic rings. The third-order valence-electron chi connectivity index (χ3n) is 3.75. The number of nitrogens with one attached hydrogen (secondary N) is 2. The number of rotatable bonds is 3. The first-order valence-corrected chi connectivity index (χ1v) is 7.69. The molecule has 0 unspecified atom stereocenters.